The van der Waals surface area contributed by atoms with Crippen molar-refractivity contribution in [3.8, 4) is 11.5 Å². The Morgan fingerprint density at radius 2 is 1.89 bits per heavy atom. The van der Waals surface area contributed by atoms with E-state index in [-0.39, 0.29) is 33.6 Å². The number of carbonyl (C=O) groups is 1. The SMILES string of the molecule is CC(C)(C)c1cc2cc(NC(=O)C3(c4ccc5c(c4)OC(F)(F)O5)CC3)ccc2n1CC(O)CN.[HH].[HH].[HH]. The molecule has 2 heterocycles. The van der Waals surface area contributed by atoms with Crippen LogP contribution < -0.4 is 20.5 Å². The van der Waals surface area contributed by atoms with Crippen LogP contribution in [0.1, 0.15) is 49.2 Å². The molecule has 2 aliphatic rings. The number of rotatable bonds is 6. The third kappa shape index (κ3) is 4.23. The zero-order valence-corrected chi connectivity index (χ0v) is 19.9. The smallest absolute Gasteiger partial charge is 0.395 e. The zero-order chi connectivity index (χ0) is 25.2. The lowest BCUT2D eigenvalue weighted by Crippen LogP contribution is -2.28. The molecule has 192 valence electrons. The minimum atomic E-state index is -3.70. The van der Waals surface area contributed by atoms with Gasteiger partial charge in [0.15, 0.2) is 11.5 Å². The Balaban J connectivity index is 0.00000169. The van der Waals surface area contributed by atoms with Gasteiger partial charge >= 0.3 is 6.29 Å². The van der Waals surface area contributed by atoms with Gasteiger partial charge in [-0.1, -0.05) is 26.8 Å². The van der Waals surface area contributed by atoms with Crippen molar-refractivity contribution >= 4 is 22.5 Å². The summed E-state index contributed by atoms with van der Waals surface area (Å²) in [6, 6.07) is 12.2. The molecule has 0 saturated heterocycles. The summed E-state index contributed by atoms with van der Waals surface area (Å²) in [5.41, 5.74) is 7.94. The first-order valence-corrected chi connectivity index (χ1v) is 11.7. The number of aromatic nitrogens is 1. The van der Waals surface area contributed by atoms with E-state index in [4.69, 9.17) is 5.73 Å². The van der Waals surface area contributed by atoms with Gasteiger partial charge in [-0.25, -0.2) is 0 Å². The molecule has 0 spiro atoms. The minimum Gasteiger partial charge on any atom is -0.395 e. The first kappa shape index (κ1) is 23.6. The molecule has 1 aliphatic heterocycles. The minimum absolute atomic E-state index is 0. The van der Waals surface area contributed by atoms with Crippen molar-refractivity contribution in [2.75, 3.05) is 11.9 Å². The lowest BCUT2D eigenvalue weighted by Gasteiger charge is -2.23. The number of aliphatic hydroxyl groups is 1. The summed E-state index contributed by atoms with van der Waals surface area (Å²) >= 11 is 0. The molecule has 3 aromatic rings. The summed E-state index contributed by atoms with van der Waals surface area (Å²) in [5, 5.41) is 14.1. The van der Waals surface area contributed by atoms with Gasteiger partial charge in [0.1, 0.15) is 0 Å². The molecule has 1 aromatic heterocycles. The molecule has 1 aliphatic carbocycles. The molecule has 0 bridgehead atoms. The first-order chi connectivity index (χ1) is 16.4. The lowest BCUT2D eigenvalue weighted by atomic mass is 9.92. The number of fused-ring (bicyclic) bond motifs is 2. The second-order valence-corrected chi connectivity index (χ2v) is 10.4. The summed E-state index contributed by atoms with van der Waals surface area (Å²) in [7, 11) is 0. The Bertz CT molecular complexity index is 1320. The van der Waals surface area contributed by atoms with Gasteiger partial charge in [-0.05, 0) is 54.8 Å². The third-order valence-electron chi connectivity index (χ3n) is 6.73. The molecule has 0 radical (unpaired) electrons. The summed E-state index contributed by atoms with van der Waals surface area (Å²) in [5.74, 6) is -0.306. The van der Waals surface area contributed by atoms with E-state index in [0.29, 0.717) is 30.6 Å². The number of ether oxygens (including phenoxy) is 2. The van der Waals surface area contributed by atoms with Crippen LogP contribution in [0, 0.1) is 0 Å². The zero-order valence-electron chi connectivity index (χ0n) is 19.9. The molecule has 9 heteroatoms. The van der Waals surface area contributed by atoms with Crippen LogP contribution in [0.3, 0.4) is 0 Å². The number of amides is 1. The van der Waals surface area contributed by atoms with E-state index < -0.39 is 17.8 Å². The quantitative estimate of drug-likeness (QED) is 0.451. The lowest BCUT2D eigenvalue weighted by molar-refractivity contribution is -0.286. The van der Waals surface area contributed by atoms with Gasteiger partial charge in [0.25, 0.3) is 0 Å². The maximum absolute atomic E-state index is 13.4. The molecule has 2 aromatic carbocycles. The van der Waals surface area contributed by atoms with Gasteiger partial charge in [0.2, 0.25) is 5.91 Å². The Hall–Kier alpha value is -3.17. The second kappa shape index (κ2) is 7.93. The van der Waals surface area contributed by atoms with Crippen LogP contribution in [0.4, 0.5) is 14.5 Å². The van der Waals surface area contributed by atoms with Crippen LogP contribution in [0.25, 0.3) is 10.9 Å². The normalized spacial score (nSPS) is 18.5. The van der Waals surface area contributed by atoms with Crippen LogP contribution in [0.15, 0.2) is 42.5 Å². The van der Waals surface area contributed by atoms with Crippen molar-refractivity contribution in [3.05, 3.63) is 53.7 Å². The predicted molar refractivity (Wildman–Crippen MR) is 134 cm³/mol. The highest BCUT2D eigenvalue weighted by Crippen LogP contribution is 2.52. The summed E-state index contributed by atoms with van der Waals surface area (Å²) in [6.45, 7) is 6.86. The Morgan fingerprint density at radius 3 is 2.54 bits per heavy atom. The molecule has 1 atom stereocenters. The monoisotopic (exact) mass is 491 g/mol. The van der Waals surface area contributed by atoms with E-state index >= 15 is 0 Å². The molecule has 1 unspecified atom stereocenters. The molecule has 35 heavy (non-hydrogen) atoms. The second-order valence-electron chi connectivity index (χ2n) is 10.4. The first-order valence-electron chi connectivity index (χ1n) is 11.7. The fourth-order valence-corrected chi connectivity index (χ4v) is 4.72. The van der Waals surface area contributed by atoms with E-state index in [1.807, 2.05) is 18.2 Å². The van der Waals surface area contributed by atoms with Gasteiger partial charge in [-0.15, -0.1) is 8.78 Å². The van der Waals surface area contributed by atoms with Gasteiger partial charge < -0.3 is 30.2 Å². The van der Waals surface area contributed by atoms with Crippen LogP contribution >= 0.6 is 0 Å². The maximum atomic E-state index is 13.4. The largest absolute Gasteiger partial charge is 0.586 e. The highest BCUT2D eigenvalue weighted by Gasteiger charge is 2.52. The average Bonchev–Trinajstić information content (AvgIpc) is 3.42. The number of alkyl halides is 2. The molecule has 7 nitrogen and oxygen atoms in total. The van der Waals surface area contributed by atoms with E-state index in [2.05, 4.69) is 46.2 Å². The van der Waals surface area contributed by atoms with E-state index in [1.165, 1.54) is 12.1 Å². The highest BCUT2D eigenvalue weighted by molar-refractivity contribution is 6.02. The molecular weight excluding hydrogens is 456 g/mol. The van der Waals surface area contributed by atoms with Crippen LogP contribution in [0.2, 0.25) is 0 Å². The van der Waals surface area contributed by atoms with Crippen molar-refractivity contribution in [1.82, 2.24) is 4.57 Å². The Labute approximate surface area is 206 Å². The molecular formula is C26H35F2N3O4. The fraction of sp³-hybridized carbons (Fsp3) is 0.423. The Kier molecular flexibility index (Phi) is 5.34. The number of halogens is 2. The molecule has 4 N–H and O–H groups in total. The van der Waals surface area contributed by atoms with Gasteiger partial charge in [-0.2, -0.15) is 0 Å². The number of carbonyl (C=O) groups excluding carboxylic acids is 1. The third-order valence-corrected chi connectivity index (χ3v) is 6.73. The maximum Gasteiger partial charge on any atom is 0.586 e. The summed E-state index contributed by atoms with van der Waals surface area (Å²) < 4.78 is 37.9. The van der Waals surface area contributed by atoms with Gasteiger partial charge in [0.05, 0.1) is 18.1 Å². The number of nitrogens with zero attached hydrogens (tertiary/aromatic N) is 1. The topological polar surface area (TPSA) is 98.7 Å². The van der Waals surface area contributed by atoms with Crippen LogP contribution in [-0.2, 0) is 22.2 Å². The van der Waals surface area contributed by atoms with Crippen LogP contribution in [-0.4, -0.2) is 34.5 Å². The predicted octanol–water partition coefficient (Wildman–Crippen LogP) is 4.99. The van der Waals surface area contributed by atoms with Gasteiger partial charge in [0, 0.05) is 38.5 Å². The number of aliphatic hydroxyl groups excluding tert-OH is 1. The number of nitrogens with two attached hydrogens (primary N) is 1. The van der Waals surface area contributed by atoms with Crippen molar-refractivity contribution < 1.29 is 32.4 Å². The summed E-state index contributed by atoms with van der Waals surface area (Å²) in [4.78, 5) is 13.3. The molecule has 1 saturated carbocycles. The highest BCUT2D eigenvalue weighted by atomic mass is 19.3. The van der Waals surface area contributed by atoms with Gasteiger partial charge in [-0.3, -0.25) is 4.79 Å². The van der Waals surface area contributed by atoms with E-state index in [0.717, 1.165) is 16.6 Å². The summed E-state index contributed by atoms with van der Waals surface area (Å²) in [6.07, 6.45) is -3.14. The Morgan fingerprint density at radius 1 is 1.17 bits per heavy atom. The van der Waals surface area contributed by atoms with Crippen molar-refractivity contribution in [2.24, 2.45) is 5.73 Å². The number of nitrogens with one attached hydrogen (secondary N) is 1. The van der Waals surface area contributed by atoms with Crippen molar-refractivity contribution in [1.29, 1.82) is 0 Å². The van der Waals surface area contributed by atoms with E-state index in [9.17, 15) is 18.7 Å². The van der Waals surface area contributed by atoms with E-state index in [1.54, 1.807) is 6.07 Å². The fourth-order valence-electron chi connectivity index (χ4n) is 4.72. The standard InChI is InChI=1S/C26H29F2N3O4.3H2/c1-24(2,3)22-11-15-10-17(5-6-19(15)31(22)14-18(32)13-29)30-23(33)25(8-9-25)16-4-7-20-21(12-16)35-26(27,28)34-20;;;/h4-7,10-12,18,32H,8-9,13-14,29H2,1-3H3,(H,30,33);3*1H. The number of benzene rings is 2. The number of anilines is 1. The van der Waals surface area contributed by atoms with Crippen LogP contribution in [0.5, 0.6) is 11.5 Å². The molecule has 5 rings (SSSR count). The van der Waals surface area contributed by atoms with Crippen molar-refractivity contribution in [3.63, 3.8) is 0 Å². The molecule has 1 amide bonds. The average molecular weight is 492 g/mol. The number of hydrogen-bond donors (Lipinski definition) is 3. The molecule has 1 fully saturated rings. The van der Waals surface area contributed by atoms with Crippen molar-refractivity contribution in [2.45, 2.75) is 63.4 Å². The number of hydrogen-bond acceptors (Lipinski definition) is 5.